The van der Waals surface area contributed by atoms with Gasteiger partial charge in [0.05, 0.1) is 13.2 Å². The number of aromatic nitrogens is 1. The van der Waals surface area contributed by atoms with Crippen molar-refractivity contribution in [1.29, 1.82) is 0 Å². The van der Waals surface area contributed by atoms with Gasteiger partial charge in [0.1, 0.15) is 0 Å². The molecule has 0 saturated carbocycles. The van der Waals surface area contributed by atoms with Crippen LogP contribution in [0.4, 0.5) is 0 Å². The predicted molar refractivity (Wildman–Crippen MR) is 119 cm³/mol. The molecule has 1 aromatic heterocycles. The second kappa shape index (κ2) is 9.08. The monoisotopic (exact) mass is 413 g/mol. The van der Waals surface area contributed by atoms with E-state index in [9.17, 15) is 4.79 Å². The molecule has 0 bridgehead atoms. The van der Waals surface area contributed by atoms with Crippen LogP contribution >= 0.6 is 0 Å². The first-order valence-electron chi connectivity index (χ1n) is 11.3. The van der Waals surface area contributed by atoms with E-state index in [0.29, 0.717) is 6.54 Å². The van der Waals surface area contributed by atoms with Gasteiger partial charge in [-0.25, -0.2) is 0 Å². The summed E-state index contributed by atoms with van der Waals surface area (Å²) in [7, 11) is 0. The van der Waals surface area contributed by atoms with Crippen molar-refractivity contribution in [2.75, 3.05) is 52.6 Å². The SMILES string of the molecule is CCn1c(C)c(C)c2cc(C(=O)NCC3(CN4CCOCC4)CCOCC3)ccc21. The number of nitrogens with one attached hydrogen (secondary N) is 1. The zero-order valence-corrected chi connectivity index (χ0v) is 18.6. The maximum atomic E-state index is 13.1. The van der Waals surface area contributed by atoms with Crippen molar-refractivity contribution in [1.82, 2.24) is 14.8 Å². The normalized spacial score (nSPS) is 19.8. The van der Waals surface area contributed by atoms with Gasteiger partial charge < -0.3 is 19.4 Å². The Morgan fingerprint density at radius 2 is 1.80 bits per heavy atom. The Balaban J connectivity index is 1.48. The van der Waals surface area contributed by atoms with Gasteiger partial charge in [-0.2, -0.15) is 0 Å². The molecule has 0 atom stereocenters. The van der Waals surface area contributed by atoms with Crippen molar-refractivity contribution in [3.05, 3.63) is 35.0 Å². The lowest BCUT2D eigenvalue weighted by Crippen LogP contribution is -2.50. The molecule has 6 heteroatoms. The zero-order valence-electron chi connectivity index (χ0n) is 18.6. The quantitative estimate of drug-likeness (QED) is 0.791. The molecule has 3 heterocycles. The third kappa shape index (κ3) is 4.27. The number of ether oxygens (including phenoxy) is 2. The summed E-state index contributed by atoms with van der Waals surface area (Å²) in [6.07, 6.45) is 1.97. The fraction of sp³-hybridized carbons (Fsp3) is 0.625. The third-order valence-electron chi connectivity index (χ3n) is 7.06. The van der Waals surface area contributed by atoms with Gasteiger partial charge in [0.15, 0.2) is 0 Å². The van der Waals surface area contributed by atoms with E-state index in [2.05, 4.69) is 47.7 Å². The summed E-state index contributed by atoms with van der Waals surface area (Å²) >= 11 is 0. The smallest absolute Gasteiger partial charge is 0.251 e. The maximum Gasteiger partial charge on any atom is 0.251 e. The molecule has 0 aliphatic carbocycles. The van der Waals surface area contributed by atoms with Crippen LogP contribution in [0.5, 0.6) is 0 Å². The summed E-state index contributed by atoms with van der Waals surface area (Å²) in [5.41, 5.74) is 4.56. The fourth-order valence-electron chi connectivity index (χ4n) is 5.00. The van der Waals surface area contributed by atoms with E-state index in [-0.39, 0.29) is 11.3 Å². The first-order valence-corrected chi connectivity index (χ1v) is 11.3. The standard InChI is InChI=1S/C24H35N3O3/c1-4-27-19(3)18(2)21-15-20(5-6-22(21)27)23(28)25-16-24(7-11-29-12-8-24)17-26-9-13-30-14-10-26/h5-6,15H,4,7-14,16-17H2,1-3H3,(H,25,28). The molecule has 2 saturated heterocycles. The highest BCUT2D eigenvalue weighted by Crippen LogP contribution is 2.32. The molecular formula is C24H35N3O3. The van der Waals surface area contributed by atoms with Crippen molar-refractivity contribution < 1.29 is 14.3 Å². The van der Waals surface area contributed by atoms with Gasteiger partial charge in [-0.05, 0) is 57.4 Å². The summed E-state index contributed by atoms with van der Waals surface area (Å²) in [6, 6.07) is 6.10. The number of fused-ring (bicyclic) bond motifs is 1. The van der Waals surface area contributed by atoms with Crippen molar-refractivity contribution in [3.63, 3.8) is 0 Å². The molecule has 0 spiro atoms. The zero-order chi connectivity index (χ0) is 21.1. The van der Waals surface area contributed by atoms with Crippen LogP contribution in [-0.2, 0) is 16.0 Å². The van der Waals surface area contributed by atoms with Gasteiger partial charge in [0.2, 0.25) is 0 Å². The van der Waals surface area contributed by atoms with E-state index in [1.807, 2.05) is 6.07 Å². The molecule has 1 aromatic carbocycles. The van der Waals surface area contributed by atoms with Crippen LogP contribution in [0.1, 0.15) is 41.4 Å². The molecule has 1 N–H and O–H groups in total. The van der Waals surface area contributed by atoms with E-state index >= 15 is 0 Å². The van der Waals surface area contributed by atoms with Crippen LogP contribution in [0.2, 0.25) is 0 Å². The van der Waals surface area contributed by atoms with Gasteiger partial charge in [0, 0.05) is 73.5 Å². The van der Waals surface area contributed by atoms with Gasteiger partial charge in [-0.3, -0.25) is 9.69 Å². The van der Waals surface area contributed by atoms with Crippen LogP contribution in [0.15, 0.2) is 18.2 Å². The molecule has 30 heavy (non-hydrogen) atoms. The van der Waals surface area contributed by atoms with E-state index < -0.39 is 0 Å². The number of carbonyl (C=O) groups is 1. The van der Waals surface area contributed by atoms with E-state index in [0.717, 1.165) is 71.0 Å². The average Bonchev–Trinajstić information content (AvgIpc) is 3.02. The molecule has 164 valence electrons. The Morgan fingerprint density at radius 3 is 2.50 bits per heavy atom. The van der Waals surface area contributed by atoms with Crippen molar-refractivity contribution in [2.45, 2.75) is 40.2 Å². The lowest BCUT2D eigenvalue weighted by molar-refractivity contribution is -0.0283. The lowest BCUT2D eigenvalue weighted by atomic mass is 9.79. The molecule has 2 aromatic rings. The van der Waals surface area contributed by atoms with E-state index in [1.165, 1.54) is 22.2 Å². The van der Waals surface area contributed by atoms with E-state index in [1.54, 1.807) is 0 Å². The summed E-state index contributed by atoms with van der Waals surface area (Å²) < 4.78 is 13.4. The van der Waals surface area contributed by atoms with E-state index in [4.69, 9.17) is 9.47 Å². The van der Waals surface area contributed by atoms with Crippen LogP contribution in [-0.4, -0.2) is 68.0 Å². The topological polar surface area (TPSA) is 55.7 Å². The average molecular weight is 414 g/mol. The molecular weight excluding hydrogens is 378 g/mol. The highest BCUT2D eigenvalue weighted by atomic mass is 16.5. The summed E-state index contributed by atoms with van der Waals surface area (Å²) in [6.45, 7) is 14.2. The molecule has 0 unspecified atom stereocenters. The third-order valence-corrected chi connectivity index (χ3v) is 7.06. The predicted octanol–water partition coefficient (Wildman–Crippen LogP) is 3.14. The van der Waals surface area contributed by atoms with Gasteiger partial charge in [0.25, 0.3) is 5.91 Å². The molecule has 6 nitrogen and oxygen atoms in total. The van der Waals surface area contributed by atoms with Gasteiger partial charge in [-0.1, -0.05) is 0 Å². The molecule has 2 fully saturated rings. The number of aryl methyl sites for hydroxylation is 2. The molecule has 0 radical (unpaired) electrons. The minimum absolute atomic E-state index is 0.0195. The molecule has 4 rings (SSSR count). The Hall–Kier alpha value is -1.89. The van der Waals surface area contributed by atoms with Crippen LogP contribution in [0, 0.1) is 19.3 Å². The first kappa shape index (κ1) is 21.3. The number of hydrogen-bond donors (Lipinski definition) is 1. The number of nitrogens with zero attached hydrogens (tertiary/aromatic N) is 2. The summed E-state index contributed by atoms with van der Waals surface area (Å²) in [5, 5.41) is 4.44. The minimum Gasteiger partial charge on any atom is -0.381 e. The second-order valence-corrected chi connectivity index (χ2v) is 8.87. The molecule has 2 aliphatic rings. The molecule has 2 aliphatic heterocycles. The Labute approximate surface area is 179 Å². The fourth-order valence-corrected chi connectivity index (χ4v) is 5.00. The highest BCUT2D eigenvalue weighted by molar-refractivity contribution is 5.99. The van der Waals surface area contributed by atoms with Crippen LogP contribution < -0.4 is 5.32 Å². The number of benzene rings is 1. The number of rotatable bonds is 6. The van der Waals surface area contributed by atoms with Crippen molar-refractivity contribution in [3.8, 4) is 0 Å². The number of carbonyl (C=O) groups excluding carboxylic acids is 1. The number of amides is 1. The Bertz CT molecular complexity index is 893. The van der Waals surface area contributed by atoms with Gasteiger partial charge in [-0.15, -0.1) is 0 Å². The summed E-state index contributed by atoms with van der Waals surface area (Å²) in [4.78, 5) is 15.5. The maximum absolute atomic E-state index is 13.1. The minimum atomic E-state index is 0.0195. The van der Waals surface area contributed by atoms with Crippen LogP contribution in [0.3, 0.4) is 0 Å². The molecule has 1 amide bonds. The largest absolute Gasteiger partial charge is 0.381 e. The number of morpholine rings is 1. The first-order chi connectivity index (χ1) is 14.5. The lowest BCUT2D eigenvalue weighted by Gasteiger charge is -2.42. The van der Waals surface area contributed by atoms with Crippen LogP contribution in [0.25, 0.3) is 10.9 Å². The number of hydrogen-bond acceptors (Lipinski definition) is 4. The Kier molecular flexibility index (Phi) is 6.46. The Morgan fingerprint density at radius 1 is 1.10 bits per heavy atom. The summed E-state index contributed by atoms with van der Waals surface area (Å²) in [5.74, 6) is 0.0195. The second-order valence-electron chi connectivity index (χ2n) is 8.87. The van der Waals surface area contributed by atoms with Crippen molar-refractivity contribution >= 4 is 16.8 Å². The highest BCUT2D eigenvalue weighted by Gasteiger charge is 2.35. The van der Waals surface area contributed by atoms with Gasteiger partial charge >= 0.3 is 0 Å². The van der Waals surface area contributed by atoms with Crippen molar-refractivity contribution in [2.24, 2.45) is 5.41 Å².